The van der Waals surface area contributed by atoms with Gasteiger partial charge in [-0.2, -0.15) is 0 Å². The molecule has 0 saturated carbocycles. The van der Waals surface area contributed by atoms with Gasteiger partial charge in [-0.05, 0) is 72.9 Å². The second kappa shape index (κ2) is 8.35. The van der Waals surface area contributed by atoms with E-state index in [1.165, 1.54) is 0 Å². The molecular weight excluding hydrogens is 400 g/mol. The molecule has 8 bridgehead atoms. The first-order chi connectivity index (χ1) is 15.6. The van der Waals surface area contributed by atoms with Gasteiger partial charge in [0.05, 0.1) is 22.8 Å². The van der Waals surface area contributed by atoms with Gasteiger partial charge in [0, 0.05) is 22.5 Å². The summed E-state index contributed by atoms with van der Waals surface area (Å²) >= 11 is 0. The van der Waals surface area contributed by atoms with Crippen LogP contribution < -0.4 is 16.0 Å². The highest BCUT2D eigenvalue weighted by Gasteiger charge is 2.22. The Morgan fingerprint density at radius 3 is 2.06 bits per heavy atom. The van der Waals surface area contributed by atoms with E-state index in [0.717, 1.165) is 39.2 Å². The van der Waals surface area contributed by atoms with Gasteiger partial charge >= 0.3 is 0 Å². The van der Waals surface area contributed by atoms with Crippen molar-refractivity contribution in [1.29, 1.82) is 0 Å². The van der Waals surface area contributed by atoms with Crippen LogP contribution in [-0.4, -0.2) is 33.3 Å². The number of benzene rings is 1. The third-order valence-corrected chi connectivity index (χ3v) is 5.03. The molecule has 1 atom stereocenters. The SMILES string of the molecule is O=C1C=C2C=C3C=CC(=N3)C=c3ccc([nH]3)=CC3=NC(=CC1N2)C=C3.Oc1ccccc1. The van der Waals surface area contributed by atoms with E-state index in [1.807, 2.05) is 66.8 Å². The quantitative estimate of drug-likeness (QED) is 0.610. The summed E-state index contributed by atoms with van der Waals surface area (Å²) in [5, 5.41) is 13.8. The van der Waals surface area contributed by atoms with Gasteiger partial charge in [0.1, 0.15) is 11.8 Å². The fraction of sp³-hybridized carbons (Fsp3) is 0.0385. The fourth-order valence-corrected chi connectivity index (χ4v) is 3.54. The van der Waals surface area contributed by atoms with Crippen molar-refractivity contribution in [2.45, 2.75) is 6.04 Å². The van der Waals surface area contributed by atoms with Crippen LogP contribution in [-0.2, 0) is 4.79 Å². The Kier molecular flexibility index (Phi) is 5.09. The molecule has 0 fully saturated rings. The van der Waals surface area contributed by atoms with Gasteiger partial charge < -0.3 is 15.4 Å². The number of phenols is 1. The van der Waals surface area contributed by atoms with Crippen LogP contribution in [0, 0.1) is 0 Å². The summed E-state index contributed by atoms with van der Waals surface area (Å²) in [6.45, 7) is 0. The molecular formula is C26H20N4O2. The topological polar surface area (TPSA) is 89.8 Å². The molecule has 0 spiro atoms. The number of aromatic nitrogens is 1. The van der Waals surface area contributed by atoms with Gasteiger partial charge in [0.25, 0.3) is 0 Å². The van der Waals surface area contributed by atoms with Crippen LogP contribution in [0.3, 0.4) is 0 Å². The molecule has 6 rings (SSSR count). The second-order valence-corrected chi connectivity index (χ2v) is 7.52. The summed E-state index contributed by atoms with van der Waals surface area (Å²) in [6.07, 6.45) is 17.1. The van der Waals surface area contributed by atoms with Crippen molar-refractivity contribution < 1.29 is 9.90 Å². The normalized spacial score (nSPS) is 19.9. The van der Waals surface area contributed by atoms with Crippen molar-refractivity contribution in [2.24, 2.45) is 9.98 Å². The van der Waals surface area contributed by atoms with Gasteiger partial charge in [-0.1, -0.05) is 18.2 Å². The fourth-order valence-electron chi connectivity index (χ4n) is 3.54. The zero-order chi connectivity index (χ0) is 21.9. The maximum atomic E-state index is 12.2. The number of aromatic amines is 1. The molecule has 1 unspecified atom stereocenters. The van der Waals surface area contributed by atoms with Crippen molar-refractivity contribution in [3.8, 4) is 5.75 Å². The Morgan fingerprint density at radius 2 is 1.41 bits per heavy atom. The van der Waals surface area contributed by atoms with E-state index < -0.39 is 0 Å². The number of fused-ring (bicyclic) bond motifs is 6. The Hall–Kier alpha value is -4.45. The number of para-hydroxylation sites is 1. The molecule has 5 heterocycles. The van der Waals surface area contributed by atoms with Crippen molar-refractivity contribution in [2.75, 3.05) is 0 Å². The van der Waals surface area contributed by atoms with Gasteiger partial charge in [0.15, 0.2) is 5.78 Å². The molecule has 1 aromatic carbocycles. The van der Waals surface area contributed by atoms with E-state index in [4.69, 9.17) is 5.11 Å². The zero-order valence-corrected chi connectivity index (χ0v) is 17.1. The first-order valence-corrected chi connectivity index (χ1v) is 10.2. The maximum Gasteiger partial charge on any atom is 0.183 e. The minimum absolute atomic E-state index is 0.0241. The van der Waals surface area contributed by atoms with Crippen molar-refractivity contribution in [1.82, 2.24) is 10.3 Å². The van der Waals surface area contributed by atoms with Crippen molar-refractivity contribution in [3.63, 3.8) is 0 Å². The lowest BCUT2D eigenvalue weighted by Gasteiger charge is -2.06. The van der Waals surface area contributed by atoms with Crippen LogP contribution >= 0.6 is 0 Å². The van der Waals surface area contributed by atoms with E-state index in [2.05, 4.69) is 20.3 Å². The first-order valence-electron chi connectivity index (χ1n) is 10.2. The van der Waals surface area contributed by atoms with Crippen LogP contribution in [0.1, 0.15) is 0 Å². The number of carbonyl (C=O) groups excluding carboxylic acids is 1. The van der Waals surface area contributed by atoms with Gasteiger partial charge in [0.2, 0.25) is 0 Å². The minimum atomic E-state index is -0.389. The molecule has 2 aromatic rings. The molecule has 0 amide bonds. The third kappa shape index (κ3) is 4.49. The molecule has 0 saturated heterocycles. The lowest BCUT2D eigenvalue weighted by atomic mass is 10.2. The number of ketones is 1. The molecule has 0 aliphatic carbocycles. The largest absolute Gasteiger partial charge is 0.508 e. The summed E-state index contributed by atoms with van der Waals surface area (Å²) in [7, 11) is 0. The van der Waals surface area contributed by atoms with Crippen LogP contribution in [0.4, 0.5) is 0 Å². The number of allylic oxidation sites excluding steroid dienone is 5. The molecule has 156 valence electrons. The summed E-state index contributed by atoms with van der Waals surface area (Å²) in [4.78, 5) is 24.7. The van der Waals surface area contributed by atoms with Gasteiger partial charge in [-0.25, -0.2) is 9.98 Å². The molecule has 32 heavy (non-hydrogen) atoms. The van der Waals surface area contributed by atoms with Gasteiger partial charge in [-0.3, -0.25) is 4.79 Å². The number of hydrogen-bond acceptors (Lipinski definition) is 5. The Balaban J connectivity index is 0.000000265. The number of phenolic OH excluding ortho intramolecular Hbond substituents is 1. The molecule has 6 heteroatoms. The first kappa shape index (κ1) is 19.5. The second-order valence-electron chi connectivity index (χ2n) is 7.52. The number of nitrogens with zero attached hydrogens (tertiary/aromatic N) is 2. The van der Waals surface area contributed by atoms with E-state index in [1.54, 1.807) is 30.3 Å². The molecule has 3 N–H and O–H groups in total. The minimum Gasteiger partial charge on any atom is -0.508 e. The predicted molar refractivity (Wildman–Crippen MR) is 126 cm³/mol. The van der Waals surface area contributed by atoms with Crippen LogP contribution in [0.15, 0.2) is 112 Å². The summed E-state index contributed by atoms with van der Waals surface area (Å²) in [6, 6.07) is 12.4. The number of nitrogens with one attached hydrogen (secondary N) is 2. The predicted octanol–water partition coefficient (Wildman–Crippen LogP) is 2.20. The number of aromatic hydroxyl groups is 1. The number of rotatable bonds is 0. The lowest BCUT2D eigenvalue weighted by molar-refractivity contribution is -0.114. The number of hydrogen-bond donors (Lipinski definition) is 3. The van der Waals surface area contributed by atoms with E-state index in [-0.39, 0.29) is 11.8 Å². The highest BCUT2D eigenvalue weighted by atomic mass is 16.3. The Bertz CT molecular complexity index is 1410. The number of aliphatic imine (C=N–C) groups is 2. The smallest absolute Gasteiger partial charge is 0.183 e. The molecule has 1 aromatic heterocycles. The average molecular weight is 420 g/mol. The summed E-state index contributed by atoms with van der Waals surface area (Å²) in [5.74, 6) is 0.346. The van der Waals surface area contributed by atoms with E-state index >= 15 is 0 Å². The van der Waals surface area contributed by atoms with Crippen LogP contribution in [0.2, 0.25) is 0 Å². The Labute approximate surface area is 184 Å². The van der Waals surface area contributed by atoms with Crippen molar-refractivity contribution in [3.05, 3.63) is 113 Å². The average Bonchev–Trinajstić information content (AvgIpc) is 3.55. The lowest BCUT2D eigenvalue weighted by Crippen LogP contribution is -2.26. The van der Waals surface area contributed by atoms with E-state index in [0.29, 0.717) is 5.75 Å². The zero-order valence-electron chi connectivity index (χ0n) is 17.1. The molecule has 4 aliphatic rings. The number of H-pyrrole nitrogens is 1. The number of carbonyl (C=O) groups is 1. The molecule has 4 aliphatic heterocycles. The summed E-state index contributed by atoms with van der Waals surface area (Å²) in [5.41, 5.74) is 4.09. The monoisotopic (exact) mass is 420 g/mol. The molecule has 6 nitrogen and oxygen atoms in total. The molecule has 0 radical (unpaired) electrons. The van der Waals surface area contributed by atoms with Crippen LogP contribution in [0.5, 0.6) is 5.75 Å². The van der Waals surface area contributed by atoms with Gasteiger partial charge in [-0.15, -0.1) is 0 Å². The highest BCUT2D eigenvalue weighted by Crippen LogP contribution is 2.18. The maximum absolute atomic E-state index is 12.2. The summed E-state index contributed by atoms with van der Waals surface area (Å²) < 4.78 is 0. The highest BCUT2D eigenvalue weighted by molar-refractivity contribution is 6.20. The third-order valence-electron chi connectivity index (χ3n) is 5.03. The Morgan fingerprint density at radius 1 is 0.750 bits per heavy atom. The van der Waals surface area contributed by atoms with Crippen LogP contribution in [0.25, 0.3) is 12.2 Å². The van der Waals surface area contributed by atoms with E-state index in [9.17, 15) is 4.79 Å². The van der Waals surface area contributed by atoms with Crippen molar-refractivity contribution >= 4 is 29.4 Å². The standard InChI is InChI=1S/C20H14N4O.C6H6O/c25-20-11-18-9-16-4-3-14(22-16)7-12-1-2-13(21-12)8-15-5-6-17(23-15)10-19(20)24-18;7-6-4-2-1-3-5-6/h1-11,19,21,24H;1-5,7H.